The summed E-state index contributed by atoms with van der Waals surface area (Å²) in [5.74, 6) is 1.87. The van der Waals surface area contributed by atoms with Crippen molar-refractivity contribution >= 4 is 32.6 Å². The van der Waals surface area contributed by atoms with Crippen molar-refractivity contribution in [2.24, 2.45) is 0 Å². The number of nitrogens with zero attached hydrogens (tertiary/aromatic N) is 5. The summed E-state index contributed by atoms with van der Waals surface area (Å²) in [6, 6.07) is 52.4. The van der Waals surface area contributed by atoms with Crippen LogP contribution in [0.15, 0.2) is 152 Å². The van der Waals surface area contributed by atoms with Gasteiger partial charge in [-0.25, -0.2) is 19.9 Å². The van der Waals surface area contributed by atoms with Gasteiger partial charge in [-0.05, 0) is 48.6 Å². The molecular weight excluding hydrogens is 611 g/mol. The van der Waals surface area contributed by atoms with Gasteiger partial charge in [-0.2, -0.15) is 0 Å². The maximum Gasteiger partial charge on any atom is 0.164 e. The minimum Gasteiger partial charge on any atom is -0.258 e. The van der Waals surface area contributed by atoms with E-state index in [0.29, 0.717) is 17.5 Å². The number of aryl methyl sites for hydroxylation is 2. The maximum atomic E-state index is 5.14. The van der Waals surface area contributed by atoms with E-state index in [0.717, 1.165) is 72.0 Å². The molecule has 50 heavy (non-hydrogen) atoms. The average Bonchev–Trinajstić information content (AvgIpc) is 3.17. The van der Waals surface area contributed by atoms with Gasteiger partial charge in [0.1, 0.15) is 0 Å². The van der Waals surface area contributed by atoms with Crippen LogP contribution < -0.4 is 0 Å². The van der Waals surface area contributed by atoms with Crippen LogP contribution in [-0.2, 0) is 0 Å². The zero-order chi connectivity index (χ0) is 33.6. The monoisotopic (exact) mass is 641 g/mol. The topological polar surface area (TPSA) is 64.5 Å². The van der Waals surface area contributed by atoms with Crippen molar-refractivity contribution < 1.29 is 0 Å². The molecule has 236 valence electrons. The second-order valence-corrected chi connectivity index (χ2v) is 12.6. The van der Waals surface area contributed by atoms with Crippen LogP contribution in [0.1, 0.15) is 11.4 Å². The zero-order valence-electron chi connectivity index (χ0n) is 27.7. The molecule has 3 heterocycles. The van der Waals surface area contributed by atoms with E-state index in [-0.39, 0.29) is 0 Å². The molecule has 5 nitrogen and oxygen atoms in total. The number of aromatic nitrogens is 5. The van der Waals surface area contributed by atoms with E-state index in [1.165, 1.54) is 10.9 Å². The summed E-state index contributed by atoms with van der Waals surface area (Å²) in [5.41, 5.74) is 11.2. The first-order valence-electron chi connectivity index (χ1n) is 16.8. The highest BCUT2D eigenvalue weighted by Crippen LogP contribution is 2.38. The van der Waals surface area contributed by atoms with Gasteiger partial charge in [0.05, 0.1) is 11.0 Å². The Labute approximate surface area is 290 Å². The third-order valence-corrected chi connectivity index (χ3v) is 9.33. The normalized spacial score (nSPS) is 11.4. The third kappa shape index (κ3) is 5.26. The smallest absolute Gasteiger partial charge is 0.164 e. The van der Waals surface area contributed by atoms with E-state index in [4.69, 9.17) is 24.9 Å². The van der Waals surface area contributed by atoms with Gasteiger partial charge in [0, 0.05) is 55.4 Å². The number of benzene rings is 6. The van der Waals surface area contributed by atoms with Crippen LogP contribution in [0.25, 0.3) is 89.0 Å². The fourth-order valence-corrected chi connectivity index (χ4v) is 6.89. The molecule has 0 atom stereocenters. The lowest BCUT2D eigenvalue weighted by molar-refractivity contribution is 1.07. The molecule has 0 N–H and O–H groups in total. The van der Waals surface area contributed by atoms with Gasteiger partial charge in [-0.3, -0.25) is 4.98 Å². The second-order valence-electron chi connectivity index (χ2n) is 12.6. The van der Waals surface area contributed by atoms with Crippen molar-refractivity contribution in [1.82, 2.24) is 24.9 Å². The summed E-state index contributed by atoms with van der Waals surface area (Å²) in [5, 5.41) is 4.58. The van der Waals surface area contributed by atoms with E-state index >= 15 is 0 Å². The quantitative estimate of drug-likeness (QED) is 0.138. The number of rotatable bonds is 5. The average molecular weight is 642 g/mol. The fraction of sp³-hybridized carbons (Fsp3) is 0.0444. The van der Waals surface area contributed by atoms with E-state index in [1.54, 1.807) is 0 Å². The Kier molecular flexibility index (Phi) is 7.17. The molecule has 6 aromatic carbocycles. The van der Waals surface area contributed by atoms with Crippen LogP contribution in [-0.4, -0.2) is 24.9 Å². The number of para-hydroxylation sites is 1. The molecule has 0 amide bonds. The summed E-state index contributed by atoms with van der Waals surface area (Å²) in [4.78, 5) is 24.9. The molecule has 9 rings (SSSR count). The molecule has 5 heteroatoms. The predicted octanol–water partition coefficient (Wildman–Crippen LogP) is 11.1. The third-order valence-electron chi connectivity index (χ3n) is 9.33. The van der Waals surface area contributed by atoms with Crippen LogP contribution in [0.3, 0.4) is 0 Å². The molecule has 0 spiro atoms. The van der Waals surface area contributed by atoms with Gasteiger partial charge in [-0.1, -0.05) is 133 Å². The van der Waals surface area contributed by atoms with Gasteiger partial charge in [-0.15, -0.1) is 0 Å². The minimum absolute atomic E-state index is 0.620. The first kappa shape index (κ1) is 29.5. The highest BCUT2D eigenvalue weighted by molar-refractivity contribution is 6.16. The molecule has 0 radical (unpaired) electrons. The molecular formula is C45H31N5. The Morgan fingerprint density at radius 1 is 0.380 bits per heavy atom. The van der Waals surface area contributed by atoms with Crippen LogP contribution in [0, 0.1) is 13.8 Å². The fourth-order valence-electron chi connectivity index (χ4n) is 6.89. The van der Waals surface area contributed by atoms with E-state index in [1.807, 2.05) is 50.2 Å². The Morgan fingerprint density at radius 3 is 1.78 bits per heavy atom. The van der Waals surface area contributed by atoms with Crippen LogP contribution in [0.4, 0.5) is 0 Å². The number of hydrogen-bond acceptors (Lipinski definition) is 5. The lowest BCUT2D eigenvalue weighted by atomic mass is 9.93. The molecule has 0 saturated heterocycles. The Bertz CT molecular complexity index is 2720. The number of hydrogen-bond donors (Lipinski definition) is 0. The summed E-state index contributed by atoms with van der Waals surface area (Å²) < 4.78 is 0. The van der Waals surface area contributed by atoms with Gasteiger partial charge < -0.3 is 0 Å². The van der Waals surface area contributed by atoms with Crippen molar-refractivity contribution in [3.8, 4) is 56.4 Å². The molecule has 0 unspecified atom stereocenters. The first-order chi connectivity index (χ1) is 24.6. The number of pyridine rings is 2. The maximum absolute atomic E-state index is 5.14. The summed E-state index contributed by atoms with van der Waals surface area (Å²) in [6.07, 6.45) is 0. The molecule has 0 bridgehead atoms. The zero-order valence-corrected chi connectivity index (χ0v) is 27.7. The van der Waals surface area contributed by atoms with Crippen molar-refractivity contribution in [2.75, 3.05) is 0 Å². The van der Waals surface area contributed by atoms with Crippen LogP contribution in [0.5, 0.6) is 0 Å². The summed E-state index contributed by atoms with van der Waals surface area (Å²) >= 11 is 0. The molecule has 9 aromatic rings. The summed E-state index contributed by atoms with van der Waals surface area (Å²) in [7, 11) is 0. The van der Waals surface area contributed by atoms with Crippen molar-refractivity contribution in [2.45, 2.75) is 13.8 Å². The molecule has 3 aromatic heterocycles. The largest absolute Gasteiger partial charge is 0.258 e. The van der Waals surface area contributed by atoms with Crippen molar-refractivity contribution in [1.29, 1.82) is 0 Å². The Morgan fingerprint density at radius 2 is 1.00 bits per heavy atom. The molecule has 0 aliphatic rings. The van der Waals surface area contributed by atoms with E-state index in [2.05, 4.69) is 115 Å². The number of fused-ring (bicyclic) bond motifs is 4. The molecule has 0 aliphatic carbocycles. The molecule has 0 aliphatic heterocycles. The van der Waals surface area contributed by atoms with Crippen LogP contribution >= 0.6 is 0 Å². The summed E-state index contributed by atoms with van der Waals surface area (Å²) in [6.45, 7) is 4.06. The van der Waals surface area contributed by atoms with E-state index in [9.17, 15) is 0 Å². The van der Waals surface area contributed by atoms with Crippen LogP contribution in [0.2, 0.25) is 0 Å². The highest BCUT2D eigenvalue weighted by atomic mass is 15.0. The lowest BCUT2D eigenvalue weighted by Gasteiger charge is -2.14. The van der Waals surface area contributed by atoms with Crippen molar-refractivity contribution in [3.63, 3.8) is 0 Å². The molecule has 0 fully saturated rings. The van der Waals surface area contributed by atoms with Gasteiger partial charge in [0.15, 0.2) is 17.5 Å². The Hall–Kier alpha value is -6.59. The van der Waals surface area contributed by atoms with Gasteiger partial charge >= 0.3 is 0 Å². The highest BCUT2D eigenvalue weighted by Gasteiger charge is 2.16. The van der Waals surface area contributed by atoms with Gasteiger partial charge in [0.2, 0.25) is 0 Å². The predicted molar refractivity (Wildman–Crippen MR) is 205 cm³/mol. The van der Waals surface area contributed by atoms with Crippen molar-refractivity contribution in [3.05, 3.63) is 163 Å². The lowest BCUT2D eigenvalue weighted by Crippen LogP contribution is -2.00. The molecule has 0 saturated carbocycles. The SMILES string of the molecule is Cc1ccc(-c2cccc(-c3nc(-c4ccccc4)nc(-c4ccc(-c5c6ccccc6nc6c5ccc5ccccc56)cc4)n3)c2)c(C)n1. The van der Waals surface area contributed by atoms with E-state index < -0.39 is 0 Å². The van der Waals surface area contributed by atoms with Gasteiger partial charge in [0.25, 0.3) is 0 Å². The minimum atomic E-state index is 0.620. The Balaban J connectivity index is 1.18. The first-order valence-corrected chi connectivity index (χ1v) is 16.8. The second kappa shape index (κ2) is 12.1. The standard InChI is InChI=1S/C45H31N5/c1-28-19-25-36(29(2)46-28)34-14-10-15-35(27-34)45-49-43(32-12-4-3-5-13-32)48-44(50-45)33-22-20-31(21-23-33)41-38-17-8-9-18-40(38)47-42-37-16-7-6-11-30(37)24-26-39(41)42/h3-27H,1-2H3.